The minimum atomic E-state index is -1.00. The molecule has 0 radical (unpaired) electrons. The highest BCUT2D eigenvalue weighted by atomic mass is 28.3. The predicted octanol–water partition coefficient (Wildman–Crippen LogP) is 5.78. The van der Waals surface area contributed by atoms with Crippen LogP contribution in [-0.4, -0.2) is 30.3 Å². The molecule has 1 aliphatic heterocycles. The van der Waals surface area contributed by atoms with Gasteiger partial charge in [0.2, 0.25) is 0 Å². The van der Waals surface area contributed by atoms with Crippen LogP contribution in [0, 0.1) is 10.1 Å². The van der Waals surface area contributed by atoms with Crippen molar-refractivity contribution in [2.45, 2.75) is 57.8 Å². The molecule has 0 N–H and O–H groups in total. The molecule has 0 unspecified atom stereocenters. The van der Waals surface area contributed by atoms with Gasteiger partial charge < -0.3 is 4.90 Å². The molecular formula is C21H30N2O3Si. The lowest BCUT2D eigenvalue weighted by Gasteiger charge is -2.20. The van der Waals surface area contributed by atoms with Crippen molar-refractivity contribution >= 4 is 19.7 Å². The molecule has 2 rings (SSSR count). The lowest BCUT2D eigenvalue weighted by atomic mass is 10.1. The Kier molecular flexibility index (Phi) is 7.53. The zero-order valence-corrected chi connectivity index (χ0v) is 17.6. The summed E-state index contributed by atoms with van der Waals surface area (Å²) < 4.78 is 0. The second kappa shape index (κ2) is 9.64. The smallest absolute Gasteiger partial charge is 0.282 e. The summed E-state index contributed by atoms with van der Waals surface area (Å²) >= 11 is 0. The van der Waals surface area contributed by atoms with Crippen molar-refractivity contribution in [1.29, 1.82) is 0 Å². The molecule has 0 aliphatic carbocycles. The van der Waals surface area contributed by atoms with Gasteiger partial charge in [0.1, 0.15) is 5.56 Å². The maximum atomic E-state index is 12.8. The maximum absolute atomic E-state index is 12.8. The molecule has 1 aliphatic rings. The Morgan fingerprint density at radius 2 is 1.96 bits per heavy atom. The molecule has 0 saturated carbocycles. The third-order valence-corrected chi connectivity index (χ3v) is 6.07. The monoisotopic (exact) mass is 386 g/mol. The van der Waals surface area contributed by atoms with Crippen molar-refractivity contribution in [3.8, 4) is 0 Å². The molecule has 1 aromatic rings. The fourth-order valence-corrected chi connectivity index (χ4v) is 4.04. The molecule has 1 aromatic carbocycles. The first-order valence-corrected chi connectivity index (χ1v) is 13.4. The highest BCUT2D eigenvalue weighted by Crippen LogP contribution is 2.27. The van der Waals surface area contributed by atoms with Gasteiger partial charge >= 0.3 is 0 Å². The fourth-order valence-electron chi connectivity index (χ4n) is 3.17. The van der Waals surface area contributed by atoms with Crippen LogP contribution in [-0.2, 0) is 0 Å². The van der Waals surface area contributed by atoms with Crippen molar-refractivity contribution in [2.75, 3.05) is 6.54 Å². The van der Waals surface area contributed by atoms with Gasteiger partial charge in [0.15, 0.2) is 0 Å². The van der Waals surface area contributed by atoms with Crippen molar-refractivity contribution in [1.82, 2.24) is 4.90 Å². The number of unbranched alkanes of at least 4 members (excludes halogenated alkanes) is 2. The summed E-state index contributed by atoms with van der Waals surface area (Å²) in [6.07, 6.45) is 11.5. The lowest BCUT2D eigenvalue weighted by Crippen LogP contribution is -2.28. The number of nitro groups is 1. The summed E-state index contributed by atoms with van der Waals surface area (Å²) in [5.41, 5.74) is 1.05. The number of para-hydroxylation sites is 1. The van der Waals surface area contributed by atoms with Gasteiger partial charge in [0.05, 0.1) is 4.92 Å². The molecule has 146 valence electrons. The van der Waals surface area contributed by atoms with Crippen LogP contribution in [0.25, 0.3) is 0 Å². The Hall–Kier alpha value is -2.21. The minimum absolute atomic E-state index is 0.124. The molecule has 6 heteroatoms. The SMILES string of the molecule is C[Si](C)(C)C/C=C\CCCCC1=CCCN1C(=O)c1ccccc1[N+](=O)[O-]. The normalized spacial score (nSPS) is 14.6. The average molecular weight is 387 g/mol. The Labute approximate surface area is 162 Å². The zero-order chi connectivity index (χ0) is 19.9. The van der Waals surface area contributed by atoms with Gasteiger partial charge in [-0.2, -0.15) is 0 Å². The standard InChI is InChI=1S/C21H30N2O3Si/c1-27(2,3)17-10-6-4-5-7-12-18-13-11-16-22(18)21(24)19-14-8-9-15-20(19)23(25)26/h6,8-10,13-15H,4-5,7,11-12,16-17H2,1-3H3/b10-6-. The Morgan fingerprint density at radius 3 is 2.67 bits per heavy atom. The van der Waals surface area contributed by atoms with E-state index in [-0.39, 0.29) is 17.2 Å². The Bertz CT molecular complexity index is 735. The van der Waals surface area contributed by atoms with Crippen LogP contribution in [0.3, 0.4) is 0 Å². The number of rotatable bonds is 9. The van der Waals surface area contributed by atoms with Gasteiger partial charge in [0, 0.05) is 26.4 Å². The second-order valence-corrected chi connectivity index (χ2v) is 13.7. The lowest BCUT2D eigenvalue weighted by molar-refractivity contribution is -0.385. The van der Waals surface area contributed by atoms with E-state index < -0.39 is 13.0 Å². The van der Waals surface area contributed by atoms with Gasteiger partial charge in [-0.15, -0.1) is 0 Å². The minimum Gasteiger partial charge on any atom is -0.312 e. The van der Waals surface area contributed by atoms with Gasteiger partial charge in [-0.1, -0.05) is 50.0 Å². The fraction of sp³-hybridized carbons (Fsp3) is 0.476. The molecule has 0 spiro atoms. The highest BCUT2D eigenvalue weighted by molar-refractivity contribution is 6.76. The largest absolute Gasteiger partial charge is 0.312 e. The van der Waals surface area contributed by atoms with E-state index in [1.165, 1.54) is 12.1 Å². The third-order valence-electron chi connectivity index (χ3n) is 4.61. The van der Waals surface area contributed by atoms with Crippen LogP contribution >= 0.6 is 0 Å². The van der Waals surface area contributed by atoms with Crippen molar-refractivity contribution in [2.24, 2.45) is 0 Å². The van der Waals surface area contributed by atoms with Gasteiger partial charge in [0.25, 0.3) is 11.6 Å². The van der Waals surface area contributed by atoms with Crippen LogP contribution in [0.5, 0.6) is 0 Å². The van der Waals surface area contributed by atoms with Crippen molar-refractivity contribution < 1.29 is 9.72 Å². The molecule has 0 atom stereocenters. The molecule has 0 bridgehead atoms. The molecule has 0 saturated heterocycles. The maximum Gasteiger partial charge on any atom is 0.282 e. The first-order chi connectivity index (χ1) is 12.8. The Morgan fingerprint density at radius 1 is 1.22 bits per heavy atom. The van der Waals surface area contributed by atoms with E-state index in [1.54, 1.807) is 23.1 Å². The van der Waals surface area contributed by atoms with Crippen LogP contribution in [0.1, 0.15) is 42.5 Å². The zero-order valence-electron chi connectivity index (χ0n) is 16.6. The van der Waals surface area contributed by atoms with Crippen LogP contribution in [0.4, 0.5) is 5.69 Å². The van der Waals surface area contributed by atoms with Crippen LogP contribution in [0.2, 0.25) is 25.7 Å². The van der Waals surface area contributed by atoms with Crippen LogP contribution in [0.15, 0.2) is 48.2 Å². The summed E-state index contributed by atoms with van der Waals surface area (Å²) in [5.74, 6) is -0.263. The number of allylic oxidation sites excluding steroid dienone is 3. The first-order valence-electron chi connectivity index (χ1n) is 9.69. The number of amides is 1. The summed E-state index contributed by atoms with van der Waals surface area (Å²) in [5, 5.41) is 11.2. The summed E-state index contributed by atoms with van der Waals surface area (Å²) in [6.45, 7) is 7.71. The van der Waals surface area contributed by atoms with Crippen LogP contribution < -0.4 is 0 Å². The topological polar surface area (TPSA) is 63.5 Å². The van der Waals surface area contributed by atoms with E-state index >= 15 is 0 Å². The quantitative estimate of drug-likeness (QED) is 0.178. The molecule has 0 aromatic heterocycles. The van der Waals surface area contributed by atoms with E-state index in [4.69, 9.17) is 0 Å². The van der Waals surface area contributed by atoms with E-state index in [9.17, 15) is 14.9 Å². The molecule has 1 amide bonds. The van der Waals surface area contributed by atoms with Gasteiger partial charge in [-0.3, -0.25) is 14.9 Å². The van der Waals surface area contributed by atoms with E-state index in [1.807, 2.05) is 0 Å². The van der Waals surface area contributed by atoms with E-state index in [2.05, 4.69) is 37.9 Å². The average Bonchev–Trinajstić information content (AvgIpc) is 3.07. The number of nitro benzene ring substituents is 1. The number of hydrogen-bond acceptors (Lipinski definition) is 3. The third kappa shape index (κ3) is 6.47. The molecule has 5 nitrogen and oxygen atoms in total. The Balaban J connectivity index is 1.87. The number of carbonyl (C=O) groups is 1. The number of carbonyl (C=O) groups excluding carboxylic acids is 1. The van der Waals surface area contributed by atoms with E-state index in [0.717, 1.165) is 37.8 Å². The van der Waals surface area contributed by atoms with Crippen molar-refractivity contribution in [3.05, 3.63) is 63.9 Å². The van der Waals surface area contributed by atoms with Gasteiger partial charge in [-0.25, -0.2) is 0 Å². The highest BCUT2D eigenvalue weighted by Gasteiger charge is 2.27. The molecular weight excluding hydrogens is 356 g/mol. The molecule has 1 heterocycles. The number of hydrogen-bond donors (Lipinski definition) is 0. The molecule has 27 heavy (non-hydrogen) atoms. The summed E-state index contributed by atoms with van der Waals surface area (Å²) in [4.78, 5) is 25.2. The van der Waals surface area contributed by atoms with Crippen molar-refractivity contribution in [3.63, 3.8) is 0 Å². The first kappa shape index (κ1) is 21.1. The number of nitrogens with zero attached hydrogens (tertiary/aromatic N) is 2. The second-order valence-electron chi connectivity index (χ2n) is 8.20. The van der Waals surface area contributed by atoms with Gasteiger partial charge in [-0.05, 0) is 44.2 Å². The van der Waals surface area contributed by atoms with E-state index in [0.29, 0.717) is 6.54 Å². The summed E-state index contributed by atoms with van der Waals surface area (Å²) in [7, 11) is -1.00. The molecule has 0 fully saturated rings. The predicted molar refractivity (Wildman–Crippen MR) is 113 cm³/mol. The summed E-state index contributed by atoms with van der Waals surface area (Å²) in [6, 6.07) is 7.41. The number of benzene rings is 1.